The molecule has 0 bridgehead atoms. The first-order valence-corrected chi connectivity index (χ1v) is 2.80. The Morgan fingerprint density at radius 1 is 1.83 bits per heavy atom. The van der Waals surface area contributed by atoms with E-state index in [2.05, 4.69) is 0 Å². The van der Waals surface area contributed by atoms with Gasteiger partial charge in [-0.2, -0.15) is 4.89 Å². The van der Waals surface area contributed by atoms with Crippen LogP contribution < -0.4 is 0 Å². The van der Waals surface area contributed by atoms with Crippen molar-refractivity contribution in [2.75, 3.05) is 6.16 Å². The maximum Gasteiger partial charge on any atom is 0.505 e. The SMILES string of the molecule is CC[P+](=O)O.[Ti]. The molecular formula is C2H6O2PTi+. The van der Waals surface area contributed by atoms with Crippen LogP contribution in [-0.2, 0) is 26.3 Å². The summed E-state index contributed by atoms with van der Waals surface area (Å²) in [4.78, 5) is 7.87. The van der Waals surface area contributed by atoms with Crippen molar-refractivity contribution in [3.63, 3.8) is 0 Å². The third-order valence-corrected chi connectivity index (χ3v) is 0.812. The fraction of sp³-hybridized carbons (Fsp3) is 1.00. The maximum atomic E-state index is 9.52. The Kier molecular flexibility index (Phi) is 9.54. The van der Waals surface area contributed by atoms with Crippen LogP contribution in [0.5, 0.6) is 0 Å². The zero-order valence-electron chi connectivity index (χ0n) is 3.51. The second kappa shape index (κ2) is 5.77. The number of rotatable bonds is 1. The van der Waals surface area contributed by atoms with Gasteiger partial charge in [0.1, 0.15) is 0 Å². The average molecular weight is 141 g/mol. The van der Waals surface area contributed by atoms with Gasteiger partial charge in [0.15, 0.2) is 6.16 Å². The predicted molar refractivity (Wildman–Crippen MR) is 20.4 cm³/mol. The van der Waals surface area contributed by atoms with Crippen molar-refractivity contribution in [2.45, 2.75) is 6.92 Å². The molecule has 34 valence electrons. The van der Waals surface area contributed by atoms with E-state index < -0.39 is 8.03 Å². The van der Waals surface area contributed by atoms with E-state index in [0.29, 0.717) is 6.16 Å². The second-order valence-corrected chi connectivity index (χ2v) is 2.01. The molecule has 0 fully saturated rings. The first-order valence-electron chi connectivity index (χ1n) is 1.41. The van der Waals surface area contributed by atoms with E-state index in [1.165, 1.54) is 0 Å². The van der Waals surface area contributed by atoms with Crippen LogP contribution in [0.1, 0.15) is 6.92 Å². The molecule has 0 spiro atoms. The Bertz CT molecular complexity index is 46.8. The second-order valence-electron chi connectivity index (χ2n) is 0.668. The third-order valence-electron chi connectivity index (χ3n) is 0.271. The molecule has 1 unspecified atom stereocenters. The van der Waals surface area contributed by atoms with E-state index in [-0.39, 0.29) is 21.7 Å². The fourth-order valence-corrected chi connectivity index (χ4v) is 0. The van der Waals surface area contributed by atoms with Gasteiger partial charge < -0.3 is 0 Å². The first-order chi connectivity index (χ1) is 2.27. The Morgan fingerprint density at radius 2 is 2.00 bits per heavy atom. The molecule has 0 saturated carbocycles. The largest absolute Gasteiger partial charge is 0.505 e. The Labute approximate surface area is 52.7 Å². The van der Waals surface area contributed by atoms with Crippen LogP contribution >= 0.6 is 8.03 Å². The summed E-state index contributed by atoms with van der Waals surface area (Å²) >= 11 is 0. The van der Waals surface area contributed by atoms with Crippen molar-refractivity contribution in [1.82, 2.24) is 0 Å². The van der Waals surface area contributed by atoms with E-state index in [9.17, 15) is 4.57 Å². The maximum absolute atomic E-state index is 9.52. The van der Waals surface area contributed by atoms with Crippen LogP contribution in [0, 0.1) is 0 Å². The predicted octanol–water partition coefficient (Wildman–Crippen LogP) is 0.738. The molecule has 0 aliphatic rings. The number of hydrogen-bond acceptors (Lipinski definition) is 1. The van der Waals surface area contributed by atoms with E-state index in [0.717, 1.165) is 0 Å². The average Bonchev–Trinajstić information content (AvgIpc) is 1.38. The summed E-state index contributed by atoms with van der Waals surface area (Å²) in [6, 6.07) is 0. The van der Waals surface area contributed by atoms with Gasteiger partial charge in [-0.3, -0.25) is 0 Å². The van der Waals surface area contributed by atoms with Crippen molar-refractivity contribution in [1.29, 1.82) is 0 Å². The summed E-state index contributed by atoms with van der Waals surface area (Å²) in [5.41, 5.74) is 0. The normalized spacial score (nSPS) is 9.33. The van der Waals surface area contributed by atoms with Crippen molar-refractivity contribution in [3.05, 3.63) is 0 Å². The van der Waals surface area contributed by atoms with Crippen LogP contribution in [0.4, 0.5) is 0 Å². The van der Waals surface area contributed by atoms with Gasteiger partial charge in [0.2, 0.25) is 0 Å². The van der Waals surface area contributed by atoms with Crippen molar-refractivity contribution in [2.24, 2.45) is 0 Å². The Morgan fingerprint density at radius 3 is 2.00 bits per heavy atom. The molecule has 0 aliphatic carbocycles. The van der Waals surface area contributed by atoms with E-state index in [1.54, 1.807) is 6.92 Å². The summed E-state index contributed by atoms with van der Waals surface area (Å²) in [5.74, 6) is 0. The van der Waals surface area contributed by atoms with Crippen LogP contribution in [0.3, 0.4) is 0 Å². The van der Waals surface area contributed by atoms with Gasteiger partial charge in [-0.1, -0.05) is 0 Å². The van der Waals surface area contributed by atoms with Crippen LogP contribution in [0.2, 0.25) is 0 Å². The van der Waals surface area contributed by atoms with E-state index in [1.807, 2.05) is 0 Å². The van der Waals surface area contributed by atoms with Gasteiger partial charge in [0, 0.05) is 21.7 Å². The first kappa shape index (κ1) is 9.91. The van der Waals surface area contributed by atoms with Gasteiger partial charge in [-0.05, 0) is 11.5 Å². The van der Waals surface area contributed by atoms with Gasteiger partial charge in [0.25, 0.3) is 0 Å². The zero-order valence-corrected chi connectivity index (χ0v) is 5.97. The molecular weight excluding hydrogens is 135 g/mol. The van der Waals surface area contributed by atoms with E-state index in [4.69, 9.17) is 4.89 Å². The Balaban J connectivity index is 0. The molecule has 0 rings (SSSR count). The van der Waals surface area contributed by atoms with Gasteiger partial charge >= 0.3 is 8.03 Å². The van der Waals surface area contributed by atoms with Gasteiger partial charge in [0.05, 0.1) is 0 Å². The number of hydrogen-bond donors (Lipinski definition) is 1. The smallest absolute Gasteiger partial charge is 0.161 e. The summed E-state index contributed by atoms with van der Waals surface area (Å²) in [7, 11) is -1.85. The topological polar surface area (TPSA) is 37.3 Å². The molecule has 2 nitrogen and oxygen atoms in total. The molecule has 0 heterocycles. The molecule has 6 heavy (non-hydrogen) atoms. The minimum Gasteiger partial charge on any atom is -0.161 e. The Hall–Kier alpha value is 0.774. The summed E-state index contributed by atoms with van der Waals surface area (Å²) in [6.07, 6.45) is 0.370. The fourth-order valence-electron chi connectivity index (χ4n) is 0. The van der Waals surface area contributed by atoms with Crippen molar-refractivity contribution in [3.8, 4) is 0 Å². The summed E-state index contributed by atoms with van der Waals surface area (Å²) in [6.45, 7) is 1.67. The molecule has 0 radical (unpaired) electrons. The zero-order chi connectivity index (χ0) is 4.28. The van der Waals surface area contributed by atoms with Gasteiger partial charge in [-0.15, -0.1) is 0 Å². The molecule has 0 aliphatic heterocycles. The summed E-state index contributed by atoms with van der Waals surface area (Å²) < 4.78 is 9.52. The summed E-state index contributed by atoms with van der Waals surface area (Å²) in [5, 5.41) is 0. The third kappa shape index (κ3) is 8.84. The molecule has 0 aromatic carbocycles. The molecule has 0 aromatic rings. The monoisotopic (exact) mass is 141 g/mol. The molecule has 0 saturated heterocycles. The van der Waals surface area contributed by atoms with Crippen molar-refractivity contribution >= 4 is 8.03 Å². The molecule has 1 atom stereocenters. The molecule has 1 N–H and O–H groups in total. The molecule has 0 aromatic heterocycles. The molecule has 4 heteroatoms. The van der Waals surface area contributed by atoms with Crippen LogP contribution in [0.15, 0.2) is 0 Å². The van der Waals surface area contributed by atoms with Gasteiger partial charge in [-0.25, -0.2) is 0 Å². The van der Waals surface area contributed by atoms with E-state index >= 15 is 0 Å². The minimum atomic E-state index is -1.85. The van der Waals surface area contributed by atoms with Crippen molar-refractivity contribution < 1.29 is 31.2 Å². The van der Waals surface area contributed by atoms with Crippen LogP contribution in [-0.4, -0.2) is 11.1 Å². The standard InChI is InChI=1S/C2H5O2P.Ti/c1-2-5(3)4;/h2H2,1H3;/p+1. The quantitative estimate of drug-likeness (QED) is 0.431. The molecule has 0 amide bonds. The minimum absolute atomic E-state index is 0. The van der Waals surface area contributed by atoms with Crippen LogP contribution in [0.25, 0.3) is 0 Å².